The maximum atomic E-state index is 12.6. The molecule has 3 rings (SSSR count). The topological polar surface area (TPSA) is 68.0 Å². The fourth-order valence-electron chi connectivity index (χ4n) is 2.78. The third-order valence-electron chi connectivity index (χ3n) is 4.25. The number of methoxy groups -OCH3 is 2. The molecule has 2 aromatic rings. The molecule has 2 heterocycles. The van der Waals surface area contributed by atoms with Crippen molar-refractivity contribution >= 4 is 34.2 Å². The number of aromatic nitrogens is 1. The van der Waals surface area contributed by atoms with Gasteiger partial charge in [0.25, 0.3) is 5.91 Å². The summed E-state index contributed by atoms with van der Waals surface area (Å²) >= 11 is 2.10. The van der Waals surface area contributed by atoms with Crippen molar-refractivity contribution < 1.29 is 18.8 Å². The first-order valence-electron chi connectivity index (χ1n) is 7.92. The van der Waals surface area contributed by atoms with Crippen LogP contribution in [-0.4, -0.2) is 56.4 Å². The molecular formula is C17H20IN3O4. The number of aryl methyl sites for hydroxylation is 1. The van der Waals surface area contributed by atoms with Crippen LogP contribution in [0.15, 0.2) is 22.7 Å². The van der Waals surface area contributed by atoms with Gasteiger partial charge in [0.05, 0.1) is 23.5 Å². The zero-order valence-corrected chi connectivity index (χ0v) is 16.6. The molecule has 134 valence electrons. The molecule has 0 radical (unpaired) electrons. The highest BCUT2D eigenvalue weighted by atomic mass is 127. The Morgan fingerprint density at radius 1 is 1.12 bits per heavy atom. The van der Waals surface area contributed by atoms with Crippen LogP contribution in [0.5, 0.6) is 11.5 Å². The minimum Gasteiger partial charge on any atom is -0.497 e. The van der Waals surface area contributed by atoms with Gasteiger partial charge in [-0.2, -0.15) is 0 Å². The Labute approximate surface area is 160 Å². The monoisotopic (exact) mass is 457 g/mol. The lowest BCUT2D eigenvalue weighted by atomic mass is 10.2. The van der Waals surface area contributed by atoms with E-state index in [0.717, 1.165) is 39.5 Å². The predicted octanol–water partition coefficient (Wildman–Crippen LogP) is 2.57. The first-order chi connectivity index (χ1) is 12.0. The Bertz CT molecular complexity index is 747. The number of ether oxygens (including phenoxy) is 2. The van der Waals surface area contributed by atoms with E-state index in [1.54, 1.807) is 19.1 Å². The molecule has 1 aliphatic rings. The van der Waals surface area contributed by atoms with Crippen LogP contribution in [0.1, 0.15) is 16.2 Å². The molecule has 0 N–H and O–H groups in total. The lowest BCUT2D eigenvalue weighted by Gasteiger charge is -2.35. The summed E-state index contributed by atoms with van der Waals surface area (Å²) in [5, 5.41) is 3.86. The third-order valence-corrected chi connectivity index (χ3v) is 5.52. The molecule has 1 fully saturated rings. The van der Waals surface area contributed by atoms with Gasteiger partial charge in [-0.3, -0.25) is 4.79 Å². The second-order valence-corrected chi connectivity index (χ2v) is 6.84. The van der Waals surface area contributed by atoms with Crippen molar-refractivity contribution in [3.63, 3.8) is 0 Å². The van der Waals surface area contributed by atoms with E-state index in [-0.39, 0.29) is 5.91 Å². The molecule has 1 aliphatic heterocycles. The zero-order valence-electron chi connectivity index (χ0n) is 14.4. The summed E-state index contributed by atoms with van der Waals surface area (Å²) in [5.74, 6) is 1.72. The zero-order chi connectivity index (χ0) is 18.0. The summed E-state index contributed by atoms with van der Waals surface area (Å²) in [7, 11) is 3.27. The lowest BCUT2D eigenvalue weighted by molar-refractivity contribution is 0.0703. The SMILES string of the molecule is COc1cc(OC)cc(N2CCN(C(=O)c3onc(C)c3I)CC2)c1. The summed E-state index contributed by atoms with van der Waals surface area (Å²) in [6.45, 7) is 4.52. The summed E-state index contributed by atoms with van der Waals surface area (Å²) in [5.41, 5.74) is 1.76. The lowest BCUT2D eigenvalue weighted by Crippen LogP contribution is -2.48. The Balaban J connectivity index is 1.70. The Morgan fingerprint density at radius 2 is 1.72 bits per heavy atom. The number of hydrogen-bond acceptors (Lipinski definition) is 6. The van der Waals surface area contributed by atoms with E-state index in [4.69, 9.17) is 14.0 Å². The summed E-state index contributed by atoms with van der Waals surface area (Å²) in [4.78, 5) is 16.6. The van der Waals surface area contributed by atoms with E-state index in [0.29, 0.717) is 18.8 Å². The maximum Gasteiger partial charge on any atom is 0.293 e. The van der Waals surface area contributed by atoms with Gasteiger partial charge in [-0.25, -0.2) is 0 Å². The summed E-state index contributed by atoms with van der Waals surface area (Å²) in [6.07, 6.45) is 0. The number of hydrogen-bond donors (Lipinski definition) is 0. The number of amides is 1. The molecule has 0 atom stereocenters. The van der Waals surface area contributed by atoms with Crippen molar-refractivity contribution in [2.45, 2.75) is 6.92 Å². The molecule has 8 heteroatoms. The molecule has 1 amide bonds. The number of rotatable bonds is 4. The second kappa shape index (κ2) is 7.51. The summed E-state index contributed by atoms with van der Waals surface area (Å²) < 4.78 is 16.6. The molecule has 0 bridgehead atoms. The van der Waals surface area contributed by atoms with Crippen LogP contribution in [0.25, 0.3) is 0 Å². The molecule has 0 aliphatic carbocycles. The molecule has 7 nitrogen and oxygen atoms in total. The van der Waals surface area contributed by atoms with Crippen molar-refractivity contribution in [3.05, 3.63) is 33.2 Å². The van der Waals surface area contributed by atoms with Gasteiger partial charge >= 0.3 is 0 Å². The highest BCUT2D eigenvalue weighted by Gasteiger charge is 2.27. The number of carbonyl (C=O) groups excluding carboxylic acids is 1. The average Bonchev–Trinajstić information content (AvgIpc) is 2.99. The van der Waals surface area contributed by atoms with Gasteiger partial charge in [-0.1, -0.05) is 5.16 Å². The van der Waals surface area contributed by atoms with Crippen LogP contribution in [0.3, 0.4) is 0 Å². The van der Waals surface area contributed by atoms with E-state index in [9.17, 15) is 4.79 Å². The Morgan fingerprint density at radius 3 is 2.20 bits per heavy atom. The van der Waals surface area contributed by atoms with Gasteiger partial charge in [0.15, 0.2) is 0 Å². The highest BCUT2D eigenvalue weighted by molar-refractivity contribution is 14.1. The van der Waals surface area contributed by atoms with Crippen LogP contribution in [-0.2, 0) is 0 Å². The quantitative estimate of drug-likeness (QED) is 0.658. The molecule has 0 saturated carbocycles. The highest BCUT2D eigenvalue weighted by Crippen LogP contribution is 2.29. The van der Waals surface area contributed by atoms with Gasteiger partial charge in [-0.15, -0.1) is 0 Å². The van der Waals surface area contributed by atoms with Gasteiger partial charge in [0, 0.05) is 50.1 Å². The number of nitrogens with zero attached hydrogens (tertiary/aromatic N) is 3. The number of carbonyl (C=O) groups is 1. The van der Waals surface area contributed by atoms with Gasteiger partial charge in [-0.05, 0) is 29.5 Å². The number of benzene rings is 1. The maximum absolute atomic E-state index is 12.6. The second-order valence-electron chi connectivity index (χ2n) is 5.76. The van der Waals surface area contributed by atoms with Gasteiger partial charge in [0.2, 0.25) is 5.76 Å². The van der Waals surface area contributed by atoms with Gasteiger partial charge in [0.1, 0.15) is 11.5 Å². The van der Waals surface area contributed by atoms with Crippen molar-refractivity contribution in [3.8, 4) is 11.5 Å². The first-order valence-corrected chi connectivity index (χ1v) is 9.00. The fourth-order valence-corrected chi connectivity index (χ4v) is 3.21. The minimum absolute atomic E-state index is 0.104. The molecule has 0 unspecified atom stereocenters. The van der Waals surface area contributed by atoms with E-state index >= 15 is 0 Å². The normalized spacial score (nSPS) is 14.6. The molecular weight excluding hydrogens is 437 g/mol. The minimum atomic E-state index is -0.104. The Kier molecular flexibility index (Phi) is 5.36. The van der Waals surface area contributed by atoms with Crippen LogP contribution in [0.4, 0.5) is 5.69 Å². The molecule has 1 saturated heterocycles. The molecule has 0 spiro atoms. The number of anilines is 1. The number of piperazine rings is 1. The molecule has 25 heavy (non-hydrogen) atoms. The number of halogens is 1. The summed E-state index contributed by atoms with van der Waals surface area (Å²) in [6, 6.07) is 5.79. The van der Waals surface area contributed by atoms with Crippen molar-refractivity contribution in [1.82, 2.24) is 10.1 Å². The van der Waals surface area contributed by atoms with Gasteiger partial charge < -0.3 is 23.8 Å². The third kappa shape index (κ3) is 3.68. The average molecular weight is 457 g/mol. The first kappa shape index (κ1) is 17.8. The van der Waals surface area contributed by atoms with Crippen molar-refractivity contribution in [1.29, 1.82) is 0 Å². The fraction of sp³-hybridized carbons (Fsp3) is 0.412. The van der Waals surface area contributed by atoms with Crippen LogP contribution in [0.2, 0.25) is 0 Å². The smallest absolute Gasteiger partial charge is 0.293 e. The van der Waals surface area contributed by atoms with Crippen LogP contribution >= 0.6 is 22.6 Å². The van der Waals surface area contributed by atoms with E-state index in [1.165, 1.54) is 0 Å². The van der Waals surface area contributed by atoms with E-state index in [2.05, 4.69) is 32.6 Å². The van der Waals surface area contributed by atoms with Crippen molar-refractivity contribution in [2.24, 2.45) is 0 Å². The largest absolute Gasteiger partial charge is 0.497 e. The van der Waals surface area contributed by atoms with Crippen molar-refractivity contribution in [2.75, 3.05) is 45.3 Å². The van der Waals surface area contributed by atoms with E-state index < -0.39 is 0 Å². The molecule has 1 aromatic heterocycles. The van der Waals surface area contributed by atoms with E-state index in [1.807, 2.05) is 25.1 Å². The van der Waals surface area contributed by atoms with Crippen LogP contribution < -0.4 is 14.4 Å². The predicted molar refractivity (Wildman–Crippen MR) is 102 cm³/mol. The van der Waals surface area contributed by atoms with Crippen LogP contribution in [0, 0.1) is 10.5 Å². The molecule has 1 aromatic carbocycles. The Hall–Kier alpha value is -1.97. The standard InChI is InChI=1S/C17H20IN3O4/c1-11-15(18)16(25-19-11)17(22)21-6-4-20(5-7-21)12-8-13(23-2)10-14(9-12)24-3/h8-10H,4-7H2,1-3H3.